The molecule has 0 aliphatic carbocycles. The zero-order valence-corrected chi connectivity index (χ0v) is 10.6. The number of hydrogen-bond acceptors (Lipinski definition) is 6. The van der Waals surface area contributed by atoms with Crippen molar-refractivity contribution in [1.82, 2.24) is 5.32 Å². The Hall–Kier alpha value is -0.210. The van der Waals surface area contributed by atoms with Crippen molar-refractivity contribution >= 4 is 9.84 Å². The first-order valence-corrected chi connectivity index (χ1v) is 7.65. The van der Waals surface area contributed by atoms with Gasteiger partial charge in [-0.15, -0.1) is 0 Å². The summed E-state index contributed by atoms with van der Waals surface area (Å²) in [6.07, 6.45) is -1.46. The number of hydrogen-bond donors (Lipinski definition) is 2. The fraction of sp³-hybridized carbons (Fsp3) is 1.00. The zero-order valence-electron chi connectivity index (χ0n) is 9.83. The van der Waals surface area contributed by atoms with Gasteiger partial charge in [0.1, 0.15) is 0 Å². The topological polar surface area (TPSA) is 84.9 Å². The molecule has 7 heteroatoms. The second kappa shape index (κ2) is 5.19. The van der Waals surface area contributed by atoms with Crippen LogP contribution in [0.15, 0.2) is 0 Å². The van der Waals surface area contributed by atoms with Crippen LogP contribution >= 0.6 is 0 Å². The van der Waals surface area contributed by atoms with Crippen LogP contribution in [0.5, 0.6) is 0 Å². The van der Waals surface area contributed by atoms with Gasteiger partial charge in [0, 0.05) is 13.1 Å². The normalized spacial score (nSPS) is 41.5. The number of morpholine rings is 1. The van der Waals surface area contributed by atoms with Crippen LogP contribution in [0.25, 0.3) is 0 Å². The van der Waals surface area contributed by atoms with Gasteiger partial charge in [-0.25, -0.2) is 8.42 Å². The summed E-state index contributed by atoms with van der Waals surface area (Å²) in [5.41, 5.74) is 0. The molecule has 0 aromatic carbocycles. The van der Waals surface area contributed by atoms with Crippen molar-refractivity contribution in [3.63, 3.8) is 0 Å². The Kier molecular flexibility index (Phi) is 4.04. The standard InChI is InChI=1S/C10H19NO5S/c1-7-2-11-3-8(16-7)4-15-10-6-17(13,14)5-9(10)12/h7-12H,2-6H2,1H3. The quantitative estimate of drug-likeness (QED) is 0.648. The molecular weight excluding hydrogens is 246 g/mol. The van der Waals surface area contributed by atoms with Gasteiger partial charge in [-0.3, -0.25) is 0 Å². The maximum Gasteiger partial charge on any atom is 0.155 e. The number of rotatable bonds is 3. The summed E-state index contributed by atoms with van der Waals surface area (Å²) in [7, 11) is -3.14. The van der Waals surface area contributed by atoms with Crippen molar-refractivity contribution in [2.45, 2.75) is 31.3 Å². The smallest absolute Gasteiger partial charge is 0.155 e. The number of aliphatic hydroxyl groups is 1. The van der Waals surface area contributed by atoms with Crippen molar-refractivity contribution in [1.29, 1.82) is 0 Å². The molecule has 2 saturated heterocycles. The Labute approximate surface area is 101 Å². The van der Waals surface area contributed by atoms with E-state index in [9.17, 15) is 13.5 Å². The van der Waals surface area contributed by atoms with Crippen LogP contribution < -0.4 is 5.32 Å². The average Bonchev–Trinajstić information content (AvgIpc) is 2.49. The minimum atomic E-state index is -3.14. The Bertz CT molecular complexity index is 358. The zero-order chi connectivity index (χ0) is 12.5. The molecule has 0 radical (unpaired) electrons. The molecule has 0 saturated carbocycles. The Morgan fingerprint density at radius 3 is 2.76 bits per heavy atom. The Balaban J connectivity index is 1.78. The van der Waals surface area contributed by atoms with Gasteiger partial charge in [0.05, 0.1) is 42.5 Å². The maximum atomic E-state index is 11.3. The van der Waals surface area contributed by atoms with E-state index in [0.29, 0.717) is 13.2 Å². The third-order valence-corrected chi connectivity index (χ3v) is 4.68. The molecule has 0 bridgehead atoms. The minimum absolute atomic E-state index is 0.0748. The van der Waals surface area contributed by atoms with Crippen LogP contribution in [-0.2, 0) is 19.3 Å². The van der Waals surface area contributed by atoms with Crippen molar-refractivity contribution in [3.05, 3.63) is 0 Å². The highest BCUT2D eigenvalue weighted by Gasteiger charge is 2.37. The summed E-state index contributed by atoms with van der Waals surface area (Å²) in [6.45, 7) is 3.79. The Morgan fingerprint density at radius 1 is 1.41 bits per heavy atom. The van der Waals surface area contributed by atoms with E-state index in [2.05, 4.69) is 5.32 Å². The van der Waals surface area contributed by atoms with Crippen molar-refractivity contribution in [3.8, 4) is 0 Å². The maximum absolute atomic E-state index is 11.3. The fourth-order valence-electron chi connectivity index (χ4n) is 2.16. The largest absolute Gasteiger partial charge is 0.389 e. The molecule has 0 spiro atoms. The molecule has 2 aliphatic rings. The SMILES string of the molecule is CC1CNCC(COC2CS(=O)(=O)CC2O)O1. The van der Waals surface area contributed by atoms with Gasteiger partial charge in [-0.05, 0) is 6.92 Å². The number of ether oxygens (including phenoxy) is 2. The van der Waals surface area contributed by atoms with Crippen LogP contribution in [0.1, 0.15) is 6.92 Å². The fourth-order valence-corrected chi connectivity index (χ4v) is 3.85. The molecule has 2 rings (SSSR count). The second-order valence-corrected chi connectivity index (χ2v) is 6.90. The summed E-state index contributed by atoms with van der Waals surface area (Å²) in [5, 5.41) is 12.7. The lowest BCUT2D eigenvalue weighted by Crippen LogP contribution is -2.46. The van der Waals surface area contributed by atoms with Crippen LogP contribution in [0.4, 0.5) is 0 Å². The van der Waals surface area contributed by atoms with Gasteiger partial charge in [-0.1, -0.05) is 0 Å². The first-order valence-electron chi connectivity index (χ1n) is 5.82. The third-order valence-electron chi connectivity index (χ3n) is 3.00. The summed E-state index contributed by atoms with van der Waals surface area (Å²) >= 11 is 0. The monoisotopic (exact) mass is 265 g/mol. The Morgan fingerprint density at radius 2 is 2.18 bits per heavy atom. The first kappa shape index (κ1) is 13.2. The summed E-state index contributed by atoms with van der Waals surface area (Å²) < 4.78 is 33.6. The summed E-state index contributed by atoms with van der Waals surface area (Å²) in [6, 6.07) is 0. The molecule has 4 unspecified atom stereocenters. The molecule has 2 N–H and O–H groups in total. The summed E-state index contributed by atoms with van der Waals surface area (Å²) in [5.74, 6) is -0.290. The first-order chi connectivity index (χ1) is 7.96. The van der Waals surface area contributed by atoms with E-state index < -0.39 is 22.0 Å². The van der Waals surface area contributed by atoms with E-state index in [-0.39, 0.29) is 23.7 Å². The van der Waals surface area contributed by atoms with Crippen LogP contribution in [0, 0.1) is 0 Å². The summed E-state index contributed by atoms with van der Waals surface area (Å²) in [4.78, 5) is 0. The van der Waals surface area contributed by atoms with E-state index in [0.717, 1.165) is 6.54 Å². The number of nitrogens with one attached hydrogen (secondary N) is 1. The van der Waals surface area contributed by atoms with E-state index in [1.54, 1.807) is 0 Å². The lowest BCUT2D eigenvalue weighted by molar-refractivity contribution is -0.0960. The molecular formula is C10H19NO5S. The van der Waals surface area contributed by atoms with E-state index in [1.165, 1.54) is 0 Å². The van der Waals surface area contributed by atoms with Crippen LogP contribution in [-0.4, -0.2) is 69.1 Å². The average molecular weight is 265 g/mol. The van der Waals surface area contributed by atoms with Gasteiger partial charge in [0.15, 0.2) is 9.84 Å². The van der Waals surface area contributed by atoms with Crippen molar-refractivity contribution < 1.29 is 23.0 Å². The lowest BCUT2D eigenvalue weighted by Gasteiger charge is -2.29. The molecule has 0 amide bonds. The van der Waals surface area contributed by atoms with Crippen LogP contribution in [0.3, 0.4) is 0 Å². The van der Waals surface area contributed by atoms with Crippen molar-refractivity contribution in [2.75, 3.05) is 31.2 Å². The third kappa shape index (κ3) is 3.62. The van der Waals surface area contributed by atoms with E-state index in [1.807, 2.05) is 6.92 Å². The van der Waals surface area contributed by atoms with Gasteiger partial charge in [0.2, 0.25) is 0 Å². The highest BCUT2D eigenvalue weighted by molar-refractivity contribution is 7.91. The molecule has 2 aliphatic heterocycles. The molecule has 0 aromatic heterocycles. The molecule has 2 heterocycles. The predicted molar refractivity (Wildman–Crippen MR) is 61.6 cm³/mol. The van der Waals surface area contributed by atoms with E-state index in [4.69, 9.17) is 9.47 Å². The molecule has 17 heavy (non-hydrogen) atoms. The minimum Gasteiger partial charge on any atom is -0.389 e. The molecule has 6 nitrogen and oxygen atoms in total. The van der Waals surface area contributed by atoms with Crippen LogP contribution in [0.2, 0.25) is 0 Å². The molecule has 0 aromatic rings. The van der Waals surface area contributed by atoms with Gasteiger partial charge in [0.25, 0.3) is 0 Å². The van der Waals surface area contributed by atoms with Crippen molar-refractivity contribution in [2.24, 2.45) is 0 Å². The highest BCUT2D eigenvalue weighted by Crippen LogP contribution is 2.16. The van der Waals surface area contributed by atoms with Gasteiger partial charge >= 0.3 is 0 Å². The molecule has 4 atom stereocenters. The predicted octanol–water partition coefficient (Wildman–Crippen LogP) is -1.46. The highest BCUT2D eigenvalue weighted by atomic mass is 32.2. The van der Waals surface area contributed by atoms with E-state index >= 15 is 0 Å². The molecule has 2 fully saturated rings. The van der Waals surface area contributed by atoms with Gasteiger partial charge in [-0.2, -0.15) is 0 Å². The second-order valence-electron chi connectivity index (χ2n) is 4.74. The number of sulfone groups is 1. The number of aliphatic hydroxyl groups excluding tert-OH is 1. The molecule has 100 valence electrons. The van der Waals surface area contributed by atoms with Gasteiger partial charge < -0.3 is 19.9 Å². The lowest BCUT2D eigenvalue weighted by atomic mass is 10.2.